The van der Waals surface area contributed by atoms with Gasteiger partial charge in [-0.1, -0.05) is 19.8 Å². The highest BCUT2D eigenvalue weighted by Crippen LogP contribution is 2.39. The van der Waals surface area contributed by atoms with Crippen molar-refractivity contribution < 1.29 is 4.74 Å². The molecule has 0 aromatic rings. The Balaban J connectivity index is 1.50. The summed E-state index contributed by atoms with van der Waals surface area (Å²) in [5.41, 5.74) is 0.811. The van der Waals surface area contributed by atoms with Crippen LogP contribution >= 0.6 is 11.8 Å². The zero-order valence-corrected chi connectivity index (χ0v) is 13.2. The van der Waals surface area contributed by atoms with Gasteiger partial charge in [-0.25, -0.2) is 0 Å². The van der Waals surface area contributed by atoms with Crippen molar-refractivity contribution in [1.82, 2.24) is 5.32 Å². The van der Waals surface area contributed by atoms with E-state index in [1.807, 2.05) is 0 Å². The number of rotatable bonds is 3. The largest absolute Gasteiger partial charge is 0.375 e. The van der Waals surface area contributed by atoms with Crippen LogP contribution in [0.2, 0.25) is 0 Å². The Morgan fingerprint density at radius 3 is 2.63 bits per heavy atom. The fraction of sp³-hybridized carbons (Fsp3) is 1.00. The minimum atomic E-state index is 0.234. The maximum Gasteiger partial charge on any atom is 0.0713 e. The van der Waals surface area contributed by atoms with E-state index in [-0.39, 0.29) is 5.60 Å². The van der Waals surface area contributed by atoms with E-state index in [1.54, 1.807) is 0 Å². The lowest BCUT2D eigenvalue weighted by Crippen LogP contribution is -2.50. The van der Waals surface area contributed by atoms with Crippen LogP contribution in [-0.2, 0) is 4.74 Å². The van der Waals surface area contributed by atoms with Gasteiger partial charge >= 0.3 is 0 Å². The molecule has 2 heterocycles. The van der Waals surface area contributed by atoms with E-state index in [9.17, 15) is 0 Å². The van der Waals surface area contributed by atoms with Gasteiger partial charge in [-0.05, 0) is 55.4 Å². The quantitative estimate of drug-likeness (QED) is 0.855. The van der Waals surface area contributed by atoms with Gasteiger partial charge in [0.05, 0.1) is 5.60 Å². The molecule has 2 aliphatic heterocycles. The molecule has 3 fully saturated rings. The Kier molecular flexibility index (Phi) is 4.45. The molecule has 1 unspecified atom stereocenters. The van der Waals surface area contributed by atoms with Crippen molar-refractivity contribution >= 4 is 11.8 Å². The van der Waals surface area contributed by atoms with Crippen molar-refractivity contribution in [2.75, 3.05) is 24.7 Å². The zero-order chi connectivity index (χ0) is 13.2. The second kappa shape index (κ2) is 5.95. The van der Waals surface area contributed by atoms with Crippen molar-refractivity contribution in [3.8, 4) is 0 Å². The summed E-state index contributed by atoms with van der Waals surface area (Å²) < 4.78 is 6.18. The van der Waals surface area contributed by atoms with Crippen LogP contribution in [0.3, 0.4) is 0 Å². The molecule has 0 aromatic carbocycles. The highest BCUT2D eigenvalue weighted by Gasteiger charge is 2.39. The molecule has 1 saturated carbocycles. The van der Waals surface area contributed by atoms with E-state index in [0.717, 1.165) is 6.61 Å². The Morgan fingerprint density at radius 1 is 1.16 bits per heavy atom. The molecule has 0 amide bonds. The molecule has 3 rings (SSSR count). The Bertz CT molecular complexity index is 290. The molecule has 1 spiro atoms. The maximum absolute atomic E-state index is 6.18. The van der Waals surface area contributed by atoms with Gasteiger partial charge in [0.15, 0.2) is 0 Å². The van der Waals surface area contributed by atoms with Crippen LogP contribution in [-0.4, -0.2) is 36.3 Å². The van der Waals surface area contributed by atoms with Gasteiger partial charge in [-0.2, -0.15) is 11.8 Å². The standard InChI is InChI=1S/C16H29NOS/c1-15(5-2-3-6-15)13-17-14-4-9-18-16(12-14)7-10-19-11-8-16/h14,17H,2-13H2,1H3. The van der Waals surface area contributed by atoms with Crippen molar-refractivity contribution in [2.45, 2.75) is 69.9 Å². The van der Waals surface area contributed by atoms with Crippen LogP contribution in [0.5, 0.6) is 0 Å². The summed E-state index contributed by atoms with van der Waals surface area (Å²) in [5.74, 6) is 2.59. The average molecular weight is 283 g/mol. The van der Waals surface area contributed by atoms with E-state index in [2.05, 4.69) is 24.0 Å². The van der Waals surface area contributed by atoms with Gasteiger partial charge in [0, 0.05) is 19.2 Å². The Hall–Kier alpha value is 0.270. The van der Waals surface area contributed by atoms with Crippen LogP contribution in [0.25, 0.3) is 0 Å². The van der Waals surface area contributed by atoms with Crippen LogP contribution in [0.15, 0.2) is 0 Å². The molecule has 2 nitrogen and oxygen atoms in total. The highest BCUT2D eigenvalue weighted by atomic mass is 32.2. The maximum atomic E-state index is 6.18. The van der Waals surface area contributed by atoms with Gasteiger partial charge in [0.25, 0.3) is 0 Å². The number of hydrogen-bond acceptors (Lipinski definition) is 3. The smallest absolute Gasteiger partial charge is 0.0713 e. The second-order valence-corrected chi connectivity index (χ2v) is 8.46. The number of nitrogens with one attached hydrogen (secondary N) is 1. The first-order chi connectivity index (χ1) is 9.20. The summed E-state index contributed by atoms with van der Waals surface area (Å²) in [6, 6.07) is 0.703. The molecule has 0 radical (unpaired) electrons. The first kappa shape index (κ1) is 14.2. The number of thioether (sulfide) groups is 1. The van der Waals surface area contributed by atoms with Crippen LogP contribution in [0.4, 0.5) is 0 Å². The summed E-state index contributed by atoms with van der Waals surface area (Å²) in [5, 5.41) is 3.89. The van der Waals surface area contributed by atoms with E-state index >= 15 is 0 Å². The van der Waals surface area contributed by atoms with E-state index < -0.39 is 0 Å². The van der Waals surface area contributed by atoms with Gasteiger partial charge in [0.2, 0.25) is 0 Å². The molecule has 0 aromatic heterocycles. The Morgan fingerprint density at radius 2 is 1.89 bits per heavy atom. The summed E-state index contributed by atoms with van der Waals surface area (Å²) in [4.78, 5) is 0. The van der Waals surface area contributed by atoms with Crippen LogP contribution < -0.4 is 5.32 Å². The second-order valence-electron chi connectivity index (χ2n) is 7.23. The third kappa shape index (κ3) is 3.48. The van der Waals surface area contributed by atoms with Gasteiger partial charge in [0.1, 0.15) is 0 Å². The summed E-state index contributed by atoms with van der Waals surface area (Å²) in [7, 11) is 0. The molecule has 1 aliphatic carbocycles. The molecule has 1 atom stereocenters. The minimum Gasteiger partial charge on any atom is -0.375 e. The lowest BCUT2D eigenvalue weighted by Gasteiger charge is -2.44. The molecule has 110 valence electrons. The molecule has 3 heteroatoms. The molecule has 0 bridgehead atoms. The summed E-state index contributed by atoms with van der Waals surface area (Å²) in [6.45, 7) is 4.67. The Labute approximate surface area is 122 Å². The predicted octanol–water partition coefficient (Wildman–Crippen LogP) is 3.60. The van der Waals surface area contributed by atoms with E-state index in [0.29, 0.717) is 11.5 Å². The normalized spacial score (nSPS) is 33.6. The monoisotopic (exact) mass is 283 g/mol. The SMILES string of the molecule is CC1(CNC2CCOC3(CCSCC3)C2)CCCC1. The third-order valence-electron chi connectivity index (χ3n) is 5.53. The van der Waals surface area contributed by atoms with Crippen molar-refractivity contribution in [3.05, 3.63) is 0 Å². The molecule has 2 saturated heterocycles. The van der Waals surface area contributed by atoms with Gasteiger partial charge in [-0.15, -0.1) is 0 Å². The first-order valence-corrected chi connectivity index (χ1v) is 9.30. The highest BCUT2D eigenvalue weighted by molar-refractivity contribution is 7.99. The molecular formula is C16H29NOS. The van der Waals surface area contributed by atoms with Crippen molar-refractivity contribution in [3.63, 3.8) is 0 Å². The zero-order valence-electron chi connectivity index (χ0n) is 12.4. The topological polar surface area (TPSA) is 21.3 Å². The van der Waals surface area contributed by atoms with Crippen molar-refractivity contribution in [2.24, 2.45) is 5.41 Å². The minimum absolute atomic E-state index is 0.234. The number of ether oxygens (including phenoxy) is 1. The lowest BCUT2D eigenvalue weighted by molar-refractivity contribution is -0.0938. The molecular weight excluding hydrogens is 254 g/mol. The van der Waals surface area contributed by atoms with Gasteiger partial charge < -0.3 is 10.1 Å². The van der Waals surface area contributed by atoms with Crippen LogP contribution in [0, 0.1) is 5.41 Å². The first-order valence-electron chi connectivity index (χ1n) is 8.15. The van der Waals surface area contributed by atoms with E-state index in [1.165, 1.54) is 69.4 Å². The van der Waals surface area contributed by atoms with Gasteiger partial charge in [-0.3, -0.25) is 0 Å². The van der Waals surface area contributed by atoms with Crippen LogP contribution in [0.1, 0.15) is 58.3 Å². The average Bonchev–Trinajstić information content (AvgIpc) is 2.85. The predicted molar refractivity (Wildman–Crippen MR) is 82.8 cm³/mol. The summed E-state index contributed by atoms with van der Waals surface area (Å²) in [6.07, 6.45) is 10.7. The molecule has 3 aliphatic rings. The van der Waals surface area contributed by atoms with E-state index in [4.69, 9.17) is 4.74 Å². The third-order valence-corrected chi connectivity index (χ3v) is 6.51. The summed E-state index contributed by atoms with van der Waals surface area (Å²) >= 11 is 2.10. The lowest BCUT2D eigenvalue weighted by atomic mass is 9.84. The fourth-order valence-corrected chi connectivity index (χ4v) is 5.33. The van der Waals surface area contributed by atoms with Crippen molar-refractivity contribution in [1.29, 1.82) is 0 Å². The molecule has 1 N–H and O–H groups in total. The molecule has 19 heavy (non-hydrogen) atoms. The fourth-order valence-electron chi connectivity index (χ4n) is 4.09. The number of hydrogen-bond donors (Lipinski definition) is 1.